The van der Waals surface area contributed by atoms with Crippen molar-refractivity contribution in [1.29, 1.82) is 0 Å². The summed E-state index contributed by atoms with van der Waals surface area (Å²) >= 11 is 0. The van der Waals surface area contributed by atoms with Crippen LogP contribution in [0.2, 0.25) is 0 Å². The van der Waals surface area contributed by atoms with Crippen LogP contribution in [0.3, 0.4) is 0 Å². The summed E-state index contributed by atoms with van der Waals surface area (Å²) in [4.78, 5) is 11.8. The topological polar surface area (TPSA) is 41.1 Å². The molecule has 0 aliphatic carbocycles. The maximum Gasteiger partial charge on any atom is 0.224 e. The summed E-state index contributed by atoms with van der Waals surface area (Å²) in [7, 11) is 1.83. The second kappa shape index (κ2) is 7.82. The van der Waals surface area contributed by atoms with E-state index < -0.39 is 0 Å². The molecule has 1 amide bonds. The Morgan fingerprint density at radius 2 is 2.11 bits per heavy atom. The summed E-state index contributed by atoms with van der Waals surface area (Å²) in [5.74, 6) is -0.201. The predicted molar refractivity (Wildman–Crippen MR) is 70.8 cm³/mol. The zero-order valence-electron chi connectivity index (χ0n) is 11.0. The highest BCUT2D eigenvalue weighted by atomic mass is 19.1. The number of hydrogen-bond donors (Lipinski definition) is 2. The van der Waals surface area contributed by atoms with E-state index >= 15 is 0 Å². The second-order valence-electron chi connectivity index (χ2n) is 4.30. The van der Waals surface area contributed by atoms with Crippen molar-refractivity contribution in [1.82, 2.24) is 10.6 Å². The standard InChI is InChI=1S/C14H21FN2O/c1-3-11(10-16-2)14(18)17-9-8-12-6-4-5-7-13(12)15/h4-7,11,16H,3,8-10H2,1-2H3,(H,17,18). The Bertz CT molecular complexity index is 382. The van der Waals surface area contributed by atoms with E-state index in [1.807, 2.05) is 14.0 Å². The fraction of sp³-hybridized carbons (Fsp3) is 0.500. The third kappa shape index (κ3) is 4.45. The van der Waals surface area contributed by atoms with Gasteiger partial charge in [0.05, 0.1) is 5.92 Å². The molecule has 0 aliphatic rings. The minimum atomic E-state index is -0.214. The summed E-state index contributed by atoms with van der Waals surface area (Å²) in [6.45, 7) is 3.13. The molecule has 0 bridgehead atoms. The van der Waals surface area contributed by atoms with Gasteiger partial charge in [0.1, 0.15) is 5.82 Å². The predicted octanol–water partition coefficient (Wildman–Crippen LogP) is 1.73. The minimum Gasteiger partial charge on any atom is -0.355 e. The van der Waals surface area contributed by atoms with Crippen molar-refractivity contribution in [2.45, 2.75) is 19.8 Å². The summed E-state index contributed by atoms with van der Waals surface area (Å²) in [6.07, 6.45) is 1.32. The third-order valence-corrected chi connectivity index (χ3v) is 2.97. The van der Waals surface area contributed by atoms with E-state index in [0.717, 1.165) is 6.42 Å². The van der Waals surface area contributed by atoms with Crippen LogP contribution in [-0.4, -0.2) is 26.0 Å². The Morgan fingerprint density at radius 1 is 1.39 bits per heavy atom. The molecule has 0 fully saturated rings. The number of hydrogen-bond acceptors (Lipinski definition) is 2. The maximum absolute atomic E-state index is 13.3. The summed E-state index contributed by atoms with van der Waals surface area (Å²) < 4.78 is 13.3. The SMILES string of the molecule is CCC(CNC)C(=O)NCCc1ccccc1F. The van der Waals surface area contributed by atoms with E-state index in [9.17, 15) is 9.18 Å². The van der Waals surface area contributed by atoms with Crippen LogP contribution in [0.25, 0.3) is 0 Å². The van der Waals surface area contributed by atoms with Gasteiger partial charge < -0.3 is 10.6 Å². The van der Waals surface area contributed by atoms with Gasteiger partial charge in [0.25, 0.3) is 0 Å². The van der Waals surface area contributed by atoms with Crippen LogP contribution >= 0.6 is 0 Å². The van der Waals surface area contributed by atoms with Gasteiger partial charge in [-0.3, -0.25) is 4.79 Å². The molecule has 0 heterocycles. The van der Waals surface area contributed by atoms with Crippen molar-refractivity contribution in [2.75, 3.05) is 20.1 Å². The van der Waals surface area contributed by atoms with Gasteiger partial charge in [0.2, 0.25) is 5.91 Å². The van der Waals surface area contributed by atoms with Crippen molar-refractivity contribution in [2.24, 2.45) is 5.92 Å². The maximum atomic E-state index is 13.3. The molecule has 1 aromatic carbocycles. The fourth-order valence-corrected chi connectivity index (χ4v) is 1.83. The highest BCUT2D eigenvalue weighted by Crippen LogP contribution is 2.06. The van der Waals surface area contributed by atoms with Gasteiger partial charge in [-0.2, -0.15) is 0 Å². The van der Waals surface area contributed by atoms with Gasteiger partial charge in [0.15, 0.2) is 0 Å². The van der Waals surface area contributed by atoms with Crippen molar-refractivity contribution in [3.05, 3.63) is 35.6 Å². The Hall–Kier alpha value is -1.42. The molecule has 0 aromatic heterocycles. The molecule has 1 rings (SSSR count). The average molecular weight is 252 g/mol. The highest BCUT2D eigenvalue weighted by molar-refractivity contribution is 5.78. The monoisotopic (exact) mass is 252 g/mol. The molecular formula is C14H21FN2O. The largest absolute Gasteiger partial charge is 0.355 e. The van der Waals surface area contributed by atoms with Crippen LogP contribution in [0.1, 0.15) is 18.9 Å². The van der Waals surface area contributed by atoms with Crippen LogP contribution < -0.4 is 10.6 Å². The van der Waals surface area contributed by atoms with Crippen LogP contribution in [-0.2, 0) is 11.2 Å². The number of amides is 1. The Labute approximate surface area is 108 Å². The van der Waals surface area contributed by atoms with E-state index in [4.69, 9.17) is 0 Å². The van der Waals surface area contributed by atoms with Crippen molar-refractivity contribution >= 4 is 5.91 Å². The molecule has 3 nitrogen and oxygen atoms in total. The summed E-state index contributed by atoms with van der Waals surface area (Å²) in [5, 5.41) is 5.84. The smallest absolute Gasteiger partial charge is 0.224 e. The quantitative estimate of drug-likeness (QED) is 0.776. The van der Waals surface area contributed by atoms with Gasteiger partial charge in [-0.1, -0.05) is 25.1 Å². The number of carbonyl (C=O) groups is 1. The van der Waals surface area contributed by atoms with Crippen LogP contribution in [0.5, 0.6) is 0 Å². The highest BCUT2D eigenvalue weighted by Gasteiger charge is 2.14. The molecule has 0 saturated carbocycles. The lowest BCUT2D eigenvalue weighted by molar-refractivity contribution is -0.124. The Kier molecular flexibility index (Phi) is 6.36. The molecule has 4 heteroatoms. The van der Waals surface area contributed by atoms with Crippen molar-refractivity contribution < 1.29 is 9.18 Å². The molecule has 1 atom stereocenters. The molecule has 0 radical (unpaired) electrons. The lowest BCUT2D eigenvalue weighted by Crippen LogP contribution is -2.36. The number of benzene rings is 1. The molecular weight excluding hydrogens is 231 g/mol. The minimum absolute atomic E-state index is 0.0179. The molecule has 2 N–H and O–H groups in total. The average Bonchev–Trinajstić information content (AvgIpc) is 2.38. The molecule has 18 heavy (non-hydrogen) atoms. The van der Waals surface area contributed by atoms with E-state index in [0.29, 0.717) is 25.1 Å². The van der Waals surface area contributed by atoms with E-state index in [-0.39, 0.29) is 17.6 Å². The first-order valence-electron chi connectivity index (χ1n) is 6.34. The lowest BCUT2D eigenvalue weighted by atomic mass is 10.1. The summed E-state index contributed by atoms with van der Waals surface area (Å²) in [5.41, 5.74) is 0.638. The first kappa shape index (κ1) is 14.6. The van der Waals surface area contributed by atoms with Crippen molar-refractivity contribution in [3.8, 4) is 0 Å². The van der Waals surface area contributed by atoms with E-state index in [1.54, 1.807) is 18.2 Å². The van der Waals surface area contributed by atoms with Gasteiger partial charge in [0, 0.05) is 13.1 Å². The van der Waals surface area contributed by atoms with Crippen LogP contribution in [0.15, 0.2) is 24.3 Å². The zero-order valence-corrected chi connectivity index (χ0v) is 11.0. The Balaban J connectivity index is 2.37. The number of carbonyl (C=O) groups excluding carboxylic acids is 1. The second-order valence-corrected chi connectivity index (χ2v) is 4.30. The van der Waals surface area contributed by atoms with Gasteiger partial charge in [-0.25, -0.2) is 4.39 Å². The molecule has 0 saturated heterocycles. The first-order chi connectivity index (χ1) is 8.69. The zero-order chi connectivity index (χ0) is 13.4. The molecule has 100 valence electrons. The van der Waals surface area contributed by atoms with Crippen LogP contribution in [0.4, 0.5) is 4.39 Å². The van der Waals surface area contributed by atoms with E-state index in [2.05, 4.69) is 10.6 Å². The van der Waals surface area contributed by atoms with Gasteiger partial charge in [-0.05, 0) is 31.5 Å². The molecule has 0 aliphatic heterocycles. The van der Waals surface area contributed by atoms with Gasteiger partial charge in [-0.15, -0.1) is 0 Å². The first-order valence-corrected chi connectivity index (χ1v) is 6.34. The van der Waals surface area contributed by atoms with Crippen molar-refractivity contribution in [3.63, 3.8) is 0 Å². The molecule has 1 aromatic rings. The molecule has 0 spiro atoms. The molecule has 1 unspecified atom stereocenters. The van der Waals surface area contributed by atoms with Crippen LogP contribution in [0, 0.1) is 11.7 Å². The lowest BCUT2D eigenvalue weighted by Gasteiger charge is -2.14. The number of nitrogens with one attached hydrogen (secondary N) is 2. The summed E-state index contributed by atoms with van der Waals surface area (Å²) in [6, 6.07) is 6.65. The number of halogens is 1. The van der Waals surface area contributed by atoms with Gasteiger partial charge >= 0.3 is 0 Å². The Morgan fingerprint density at radius 3 is 2.72 bits per heavy atom. The number of rotatable bonds is 7. The normalized spacial score (nSPS) is 12.2. The third-order valence-electron chi connectivity index (χ3n) is 2.97. The van der Waals surface area contributed by atoms with E-state index in [1.165, 1.54) is 6.07 Å². The fourth-order valence-electron chi connectivity index (χ4n) is 1.83.